The molecule has 2 bridgehead atoms. The molecule has 25 heavy (non-hydrogen) atoms. The molecule has 6 heteroatoms. The fourth-order valence-electron chi connectivity index (χ4n) is 5.31. The van der Waals surface area contributed by atoms with E-state index in [4.69, 9.17) is 5.73 Å². The monoisotopic (exact) mass is 342 g/mol. The number of aromatic amines is 1. The number of fused-ring (bicyclic) bond motifs is 3. The number of aliphatic hydroxyl groups is 1. The summed E-state index contributed by atoms with van der Waals surface area (Å²) in [4.78, 5) is 19.3. The molecule has 6 nitrogen and oxygen atoms in total. The van der Waals surface area contributed by atoms with Crippen LogP contribution in [0, 0.1) is 17.8 Å². The lowest BCUT2D eigenvalue weighted by molar-refractivity contribution is -0.0846. The van der Waals surface area contributed by atoms with Crippen LogP contribution in [0.2, 0.25) is 0 Å². The zero-order chi connectivity index (χ0) is 17.8. The van der Waals surface area contributed by atoms with E-state index >= 15 is 0 Å². The summed E-state index contributed by atoms with van der Waals surface area (Å²) >= 11 is 0. The maximum atomic E-state index is 11.9. The van der Waals surface area contributed by atoms with E-state index in [1.165, 1.54) is 6.20 Å². The number of hydrogen-bond acceptors (Lipinski definition) is 4. The van der Waals surface area contributed by atoms with E-state index in [9.17, 15) is 9.90 Å². The molecule has 0 aliphatic heterocycles. The van der Waals surface area contributed by atoms with Crippen LogP contribution in [0.1, 0.15) is 49.9 Å². The maximum absolute atomic E-state index is 11.9. The predicted molar refractivity (Wildman–Crippen MR) is 97.3 cm³/mol. The predicted octanol–water partition coefficient (Wildman–Crippen LogP) is 2.65. The minimum atomic E-state index is -0.534. The second-order valence-electron chi connectivity index (χ2n) is 8.24. The van der Waals surface area contributed by atoms with Crippen LogP contribution in [0.5, 0.6) is 0 Å². The van der Waals surface area contributed by atoms with Gasteiger partial charge in [0.25, 0.3) is 5.91 Å². The van der Waals surface area contributed by atoms with Crippen LogP contribution in [0.15, 0.2) is 18.5 Å². The Bertz CT molecular complexity index is 813. The van der Waals surface area contributed by atoms with Crippen LogP contribution in [-0.2, 0) is 0 Å². The number of nitrogens with one attached hydrogen (secondary N) is 2. The SMILES string of the molecule is CC1CC2CC(O)(C1)C[C@H](C)C2Nc1c(C(N)=O)cnc2[nH]ccc12. The summed E-state index contributed by atoms with van der Waals surface area (Å²) < 4.78 is 0. The quantitative estimate of drug-likeness (QED) is 0.688. The second kappa shape index (κ2) is 5.73. The Morgan fingerprint density at radius 1 is 1.40 bits per heavy atom. The van der Waals surface area contributed by atoms with Crippen LogP contribution in [0.25, 0.3) is 11.0 Å². The summed E-state index contributed by atoms with van der Waals surface area (Å²) in [7, 11) is 0. The summed E-state index contributed by atoms with van der Waals surface area (Å²) in [6, 6.07) is 2.13. The number of anilines is 1. The van der Waals surface area contributed by atoms with Gasteiger partial charge in [-0.05, 0) is 49.5 Å². The maximum Gasteiger partial charge on any atom is 0.252 e. The first-order valence-electron chi connectivity index (χ1n) is 9.11. The Hall–Kier alpha value is -2.08. The summed E-state index contributed by atoms with van der Waals surface area (Å²) in [5, 5.41) is 15.4. The number of nitrogens with two attached hydrogens (primary N) is 1. The lowest BCUT2D eigenvalue weighted by atomic mass is 9.60. The van der Waals surface area contributed by atoms with Crippen molar-refractivity contribution in [3.63, 3.8) is 0 Å². The number of primary amides is 1. The van der Waals surface area contributed by atoms with Crippen LogP contribution in [-0.4, -0.2) is 32.6 Å². The average Bonchev–Trinajstić information content (AvgIpc) is 2.98. The Morgan fingerprint density at radius 3 is 2.96 bits per heavy atom. The molecule has 2 aromatic heterocycles. The van der Waals surface area contributed by atoms with Crippen LogP contribution in [0.4, 0.5) is 5.69 Å². The molecule has 4 unspecified atom stereocenters. The Balaban J connectivity index is 1.72. The molecule has 2 aliphatic carbocycles. The smallest absolute Gasteiger partial charge is 0.252 e. The largest absolute Gasteiger partial charge is 0.390 e. The zero-order valence-electron chi connectivity index (χ0n) is 14.7. The first kappa shape index (κ1) is 16.4. The van der Waals surface area contributed by atoms with Gasteiger partial charge in [0.05, 0.1) is 16.9 Å². The molecular weight excluding hydrogens is 316 g/mol. The molecule has 0 aromatic carbocycles. The molecular formula is C19H26N4O2. The standard InChI is InChI=1S/C19H26N4O2/c1-10-5-12-8-19(25,6-10)7-11(2)15(12)23-16-13-3-4-21-18(13)22-9-14(16)17(20)24/h3-4,9-12,15,25H,5-8H2,1-2H3,(H2,20,24)(H2,21,22,23)/t10?,11-,12?,15?,19?/m0/s1. The summed E-state index contributed by atoms with van der Waals surface area (Å²) in [6.07, 6.45) is 6.96. The number of aromatic nitrogens is 2. The number of nitrogens with zero attached hydrogens (tertiary/aromatic N) is 1. The van der Waals surface area contributed by atoms with E-state index in [1.807, 2.05) is 12.3 Å². The van der Waals surface area contributed by atoms with Crippen molar-refractivity contribution in [2.45, 2.75) is 51.2 Å². The lowest BCUT2D eigenvalue weighted by Crippen LogP contribution is -2.53. The molecule has 0 radical (unpaired) electrons. The van der Waals surface area contributed by atoms with Crippen molar-refractivity contribution in [2.75, 3.05) is 5.32 Å². The number of amides is 1. The second-order valence-corrected chi connectivity index (χ2v) is 8.24. The van der Waals surface area contributed by atoms with Crippen molar-refractivity contribution in [1.82, 2.24) is 9.97 Å². The van der Waals surface area contributed by atoms with E-state index < -0.39 is 11.5 Å². The summed E-state index contributed by atoms with van der Waals surface area (Å²) in [5.41, 5.74) is 6.98. The fraction of sp³-hybridized carbons (Fsp3) is 0.579. The molecule has 0 saturated heterocycles. The number of hydrogen-bond donors (Lipinski definition) is 4. The topological polar surface area (TPSA) is 104 Å². The molecule has 4 rings (SSSR count). The van der Waals surface area contributed by atoms with Gasteiger partial charge in [0.2, 0.25) is 0 Å². The van der Waals surface area contributed by atoms with E-state index in [2.05, 4.69) is 29.1 Å². The molecule has 1 amide bonds. The van der Waals surface area contributed by atoms with Crippen molar-refractivity contribution in [3.05, 3.63) is 24.0 Å². The molecule has 0 spiro atoms. The van der Waals surface area contributed by atoms with Gasteiger partial charge in [0, 0.05) is 23.8 Å². The van der Waals surface area contributed by atoms with Crippen LogP contribution in [0.3, 0.4) is 0 Å². The van der Waals surface area contributed by atoms with Gasteiger partial charge in [-0.2, -0.15) is 0 Å². The Morgan fingerprint density at radius 2 is 2.20 bits per heavy atom. The zero-order valence-corrected chi connectivity index (χ0v) is 14.7. The molecule has 2 fully saturated rings. The third-order valence-electron chi connectivity index (χ3n) is 6.06. The molecule has 2 saturated carbocycles. The van der Waals surface area contributed by atoms with Gasteiger partial charge in [0.15, 0.2) is 0 Å². The van der Waals surface area contributed by atoms with Gasteiger partial charge in [-0.25, -0.2) is 4.98 Å². The first-order valence-corrected chi connectivity index (χ1v) is 9.11. The summed E-state index contributed by atoms with van der Waals surface area (Å²) in [5.74, 6) is 0.746. The van der Waals surface area contributed by atoms with Crippen molar-refractivity contribution < 1.29 is 9.90 Å². The highest BCUT2D eigenvalue weighted by Gasteiger charge is 2.48. The lowest BCUT2D eigenvalue weighted by Gasteiger charge is -2.51. The minimum absolute atomic E-state index is 0.210. The van der Waals surface area contributed by atoms with Gasteiger partial charge < -0.3 is 21.1 Å². The normalized spacial score (nSPS) is 34.8. The van der Waals surface area contributed by atoms with Gasteiger partial charge in [-0.3, -0.25) is 4.79 Å². The van der Waals surface area contributed by atoms with E-state index in [0.29, 0.717) is 23.3 Å². The van der Waals surface area contributed by atoms with Gasteiger partial charge in [-0.15, -0.1) is 0 Å². The van der Waals surface area contributed by atoms with Gasteiger partial charge in [-0.1, -0.05) is 13.8 Å². The van der Waals surface area contributed by atoms with Crippen LogP contribution >= 0.6 is 0 Å². The highest BCUT2D eigenvalue weighted by molar-refractivity contribution is 6.06. The molecule has 5 atom stereocenters. The van der Waals surface area contributed by atoms with Crippen molar-refractivity contribution in [2.24, 2.45) is 23.5 Å². The molecule has 5 N–H and O–H groups in total. The number of pyridine rings is 1. The summed E-state index contributed by atoms with van der Waals surface area (Å²) in [6.45, 7) is 4.40. The van der Waals surface area contributed by atoms with Crippen molar-refractivity contribution in [3.8, 4) is 0 Å². The number of rotatable bonds is 3. The molecule has 2 aromatic rings. The molecule has 2 heterocycles. The highest BCUT2D eigenvalue weighted by atomic mass is 16.3. The molecule has 2 aliphatic rings. The van der Waals surface area contributed by atoms with E-state index in [1.54, 1.807) is 0 Å². The third kappa shape index (κ3) is 2.78. The Kier molecular flexibility index (Phi) is 3.76. The average molecular weight is 342 g/mol. The first-order chi connectivity index (χ1) is 11.9. The third-order valence-corrected chi connectivity index (χ3v) is 6.06. The highest BCUT2D eigenvalue weighted by Crippen LogP contribution is 2.48. The van der Waals surface area contributed by atoms with Crippen molar-refractivity contribution >= 4 is 22.6 Å². The number of carbonyl (C=O) groups is 1. The minimum Gasteiger partial charge on any atom is -0.390 e. The van der Waals surface area contributed by atoms with Gasteiger partial charge >= 0.3 is 0 Å². The van der Waals surface area contributed by atoms with E-state index in [-0.39, 0.29) is 6.04 Å². The fourth-order valence-corrected chi connectivity index (χ4v) is 5.31. The Labute approximate surface area is 147 Å². The van der Waals surface area contributed by atoms with Crippen LogP contribution < -0.4 is 11.1 Å². The molecule has 134 valence electrons. The van der Waals surface area contributed by atoms with Gasteiger partial charge in [0.1, 0.15) is 5.65 Å². The number of carbonyl (C=O) groups excluding carboxylic acids is 1. The number of H-pyrrole nitrogens is 1. The van der Waals surface area contributed by atoms with Crippen molar-refractivity contribution in [1.29, 1.82) is 0 Å². The van der Waals surface area contributed by atoms with E-state index in [0.717, 1.165) is 42.4 Å².